The van der Waals surface area contributed by atoms with E-state index in [9.17, 15) is 9.59 Å². The number of ether oxygens (including phenoxy) is 1. The third-order valence-corrected chi connectivity index (χ3v) is 5.19. The predicted molar refractivity (Wildman–Crippen MR) is 111 cm³/mol. The first-order chi connectivity index (χ1) is 14.0. The number of halogens is 1. The first kappa shape index (κ1) is 19.2. The third kappa shape index (κ3) is 4.02. The number of rotatable bonds is 4. The molecule has 8 nitrogen and oxygen atoms in total. The molecule has 0 spiro atoms. The van der Waals surface area contributed by atoms with E-state index in [2.05, 4.69) is 9.97 Å². The second-order valence-corrected chi connectivity index (χ2v) is 7.21. The molecule has 0 N–H and O–H groups in total. The summed E-state index contributed by atoms with van der Waals surface area (Å²) in [5.74, 6) is 0.853. The SMILES string of the molecule is Cn1c(=O)c(N2CCN(C(=O)COc3cccc(Cl)c3)CC2)nc2ccncc21. The van der Waals surface area contributed by atoms with E-state index < -0.39 is 0 Å². The standard InChI is InChI=1S/C20H20ClN5O3/c1-24-17-12-22-6-5-16(17)23-19(20(24)28)26-9-7-25(8-10-26)18(27)13-29-15-4-2-3-14(21)11-15/h2-6,11-12H,7-10,13H2,1H3. The molecule has 0 unspecified atom stereocenters. The van der Waals surface area contributed by atoms with Crippen LogP contribution in [0.4, 0.5) is 5.82 Å². The minimum atomic E-state index is -0.172. The quantitative estimate of drug-likeness (QED) is 0.647. The Labute approximate surface area is 172 Å². The summed E-state index contributed by atoms with van der Waals surface area (Å²) in [6.45, 7) is 2.00. The number of aromatic nitrogens is 3. The maximum Gasteiger partial charge on any atom is 0.293 e. The Bertz CT molecular complexity index is 1110. The van der Waals surface area contributed by atoms with E-state index in [0.717, 1.165) is 0 Å². The number of carbonyl (C=O) groups is 1. The number of nitrogens with zero attached hydrogens (tertiary/aromatic N) is 5. The van der Waals surface area contributed by atoms with E-state index in [1.165, 1.54) is 0 Å². The van der Waals surface area contributed by atoms with Crippen LogP contribution in [0.5, 0.6) is 5.75 Å². The van der Waals surface area contributed by atoms with Crippen LogP contribution in [-0.4, -0.2) is 58.1 Å². The van der Waals surface area contributed by atoms with Gasteiger partial charge in [-0.05, 0) is 24.3 Å². The van der Waals surface area contributed by atoms with Gasteiger partial charge in [0, 0.05) is 44.4 Å². The molecule has 2 aromatic heterocycles. The number of benzene rings is 1. The molecule has 9 heteroatoms. The highest BCUT2D eigenvalue weighted by Crippen LogP contribution is 2.18. The number of pyridine rings is 1. The van der Waals surface area contributed by atoms with Crippen molar-refractivity contribution in [2.75, 3.05) is 37.7 Å². The fraction of sp³-hybridized carbons (Fsp3) is 0.300. The van der Waals surface area contributed by atoms with E-state index in [-0.39, 0.29) is 18.1 Å². The van der Waals surface area contributed by atoms with Crippen molar-refractivity contribution in [2.24, 2.45) is 7.05 Å². The van der Waals surface area contributed by atoms with Crippen LogP contribution in [-0.2, 0) is 11.8 Å². The maximum absolute atomic E-state index is 12.7. The zero-order valence-electron chi connectivity index (χ0n) is 15.9. The fourth-order valence-corrected chi connectivity index (χ4v) is 3.50. The molecule has 0 radical (unpaired) electrons. The molecule has 0 aliphatic carbocycles. The smallest absolute Gasteiger partial charge is 0.293 e. The molecule has 4 rings (SSSR count). The first-order valence-electron chi connectivity index (χ1n) is 9.25. The molecule has 1 aliphatic rings. The Kier molecular flexibility index (Phi) is 5.35. The summed E-state index contributed by atoms with van der Waals surface area (Å²) in [6.07, 6.45) is 3.28. The van der Waals surface area contributed by atoms with Crippen LogP contribution in [0.2, 0.25) is 5.02 Å². The molecule has 3 heterocycles. The summed E-state index contributed by atoms with van der Waals surface area (Å²) in [6, 6.07) is 8.73. The highest BCUT2D eigenvalue weighted by atomic mass is 35.5. The van der Waals surface area contributed by atoms with E-state index in [4.69, 9.17) is 16.3 Å². The summed E-state index contributed by atoms with van der Waals surface area (Å²) in [4.78, 5) is 37.4. The Balaban J connectivity index is 1.40. The molecular formula is C20H20ClN5O3. The number of fused-ring (bicyclic) bond motifs is 1. The second kappa shape index (κ2) is 8.08. The monoisotopic (exact) mass is 413 g/mol. The molecule has 0 atom stereocenters. The molecule has 29 heavy (non-hydrogen) atoms. The van der Waals surface area contributed by atoms with E-state index in [0.29, 0.717) is 53.8 Å². The van der Waals surface area contributed by atoms with Crippen molar-refractivity contribution >= 4 is 34.4 Å². The molecule has 3 aromatic rings. The van der Waals surface area contributed by atoms with Crippen LogP contribution < -0.4 is 15.2 Å². The zero-order valence-corrected chi connectivity index (χ0v) is 16.7. The lowest BCUT2D eigenvalue weighted by Gasteiger charge is -2.35. The lowest BCUT2D eigenvalue weighted by molar-refractivity contribution is -0.133. The van der Waals surface area contributed by atoms with Crippen LogP contribution in [0, 0.1) is 0 Å². The Hall–Kier alpha value is -3.13. The van der Waals surface area contributed by atoms with Crippen molar-refractivity contribution in [3.8, 4) is 5.75 Å². The van der Waals surface area contributed by atoms with Crippen molar-refractivity contribution in [1.29, 1.82) is 0 Å². The lowest BCUT2D eigenvalue weighted by Crippen LogP contribution is -2.51. The largest absolute Gasteiger partial charge is 0.484 e. The summed E-state index contributed by atoms with van der Waals surface area (Å²) in [5.41, 5.74) is 1.23. The maximum atomic E-state index is 12.7. The van der Waals surface area contributed by atoms with Gasteiger partial charge in [0.1, 0.15) is 5.75 Å². The molecular weight excluding hydrogens is 394 g/mol. The third-order valence-electron chi connectivity index (χ3n) is 4.95. The average molecular weight is 414 g/mol. The number of hydrogen-bond acceptors (Lipinski definition) is 6. The summed E-state index contributed by atoms with van der Waals surface area (Å²) in [5, 5.41) is 0.559. The van der Waals surface area contributed by atoms with Gasteiger partial charge in [-0.2, -0.15) is 0 Å². The van der Waals surface area contributed by atoms with Gasteiger partial charge >= 0.3 is 0 Å². The van der Waals surface area contributed by atoms with Gasteiger partial charge in [-0.15, -0.1) is 0 Å². The Morgan fingerprint density at radius 3 is 2.76 bits per heavy atom. The second-order valence-electron chi connectivity index (χ2n) is 6.78. The van der Waals surface area contributed by atoms with Crippen LogP contribution in [0.1, 0.15) is 0 Å². The Morgan fingerprint density at radius 2 is 2.00 bits per heavy atom. The van der Waals surface area contributed by atoms with Gasteiger partial charge in [-0.1, -0.05) is 17.7 Å². The number of carbonyl (C=O) groups excluding carboxylic acids is 1. The molecule has 1 amide bonds. The van der Waals surface area contributed by atoms with Crippen molar-refractivity contribution in [3.63, 3.8) is 0 Å². The van der Waals surface area contributed by atoms with Gasteiger partial charge in [0.15, 0.2) is 12.4 Å². The van der Waals surface area contributed by atoms with Gasteiger partial charge in [-0.3, -0.25) is 14.6 Å². The molecule has 0 bridgehead atoms. The van der Waals surface area contributed by atoms with Crippen LogP contribution in [0.15, 0.2) is 47.5 Å². The molecule has 1 fully saturated rings. The van der Waals surface area contributed by atoms with E-state index >= 15 is 0 Å². The summed E-state index contributed by atoms with van der Waals surface area (Å²) >= 11 is 5.93. The van der Waals surface area contributed by atoms with Crippen molar-refractivity contribution in [1.82, 2.24) is 19.4 Å². The fourth-order valence-electron chi connectivity index (χ4n) is 3.32. The number of aryl methyl sites for hydroxylation is 1. The van der Waals surface area contributed by atoms with Gasteiger partial charge in [-0.25, -0.2) is 4.98 Å². The number of hydrogen-bond donors (Lipinski definition) is 0. The lowest BCUT2D eigenvalue weighted by atomic mass is 10.3. The van der Waals surface area contributed by atoms with Gasteiger partial charge in [0.05, 0.1) is 17.2 Å². The molecule has 0 saturated carbocycles. The van der Waals surface area contributed by atoms with Crippen molar-refractivity contribution in [3.05, 3.63) is 58.1 Å². The zero-order chi connectivity index (χ0) is 20.4. The molecule has 1 aromatic carbocycles. The minimum Gasteiger partial charge on any atom is -0.484 e. The minimum absolute atomic E-state index is 0.0522. The molecule has 1 saturated heterocycles. The van der Waals surface area contributed by atoms with E-state index in [1.807, 2.05) is 4.90 Å². The summed E-state index contributed by atoms with van der Waals surface area (Å²) < 4.78 is 7.09. The molecule has 1 aliphatic heterocycles. The van der Waals surface area contributed by atoms with Crippen LogP contribution in [0.25, 0.3) is 11.0 Å². The highest BCUT2D eigenvalue weighted by Gasteiger charge is 2.24. The van der Waals surface area contributed by atoms with E-state index in [1.54, 1.807) is 59.2 Å². The van der Waals surface area contributed by atoms with Crippen LogP contribution >= 0.6 is 11.6 Å². The average Bonchev–Trinajstić information content (AvgIpc) is 2.75. The predicted octanol–water partition coefficient (Wildman–Crippen LogP) is 1.71. The van der Waals surface area contributed by atoms with Crippen molar-refractivity contribution < 1.29 is 9.53 Å². The topological polar surface area (TPSA) is 80.6 Å². The first-order valence-corrected chi connectivity index (χ1v) is 9.62. The van der Waals surface area contributed by atoms with Gasteiger partial charge < -0.3 is 19.1 Å². The van der Waals surface area contributed by atoms with Gasteiger partial charge in [0.2, 0.25) is 0 Å². The number of anilines is 1. The van der Waals surface area contributed by atoms with Crippen molar-refractivity contribution in [2.45, 2.75) is 0 Å². The number of amides is 1. The van der Waals surface area contributed by atoms with Gasteiger partial charge in [0.25, 0.3) is 11.5 Å². The highest BCUT2D eigenvalue weighted by molar-refractivity contribution is 6.30. The van der Waals surface area contributed by atoms with Crippen LogP contribution in [0.3, 0.4) is 0 Å². The number of piperazine rings is 1. The summed E-state index contributed by atoms with van der Waals surface area (Å²) in [7, 11) is 1.71. The normalized spacial score (nSPS) is 14.3. The Morgan fingerprint density at radius 1 is 1.21 bits per heavy atom. The molecule has 150 valence electrons.